The highest BCUT2D eigenvalue weighted by molar-refractivity contribution is 7.89. The third-order valence-electron chi connectivity index (χ3n) is 5.38. The van der Waals surface area contributed by atoms with Gasteiger partial charge in [0.2, 0.25) is 10.0 Å². The third kappa shape index (κ3) is 5.80. The fraction of sp³-hybridized carbons (Fsp3) is 0.409. The first-order valence-corrected chi connectivity index (χ1v) is 11.5. The lowest BCUT2D eigenvalue weighted by Crippen LogP contribution is -2.40. The molecule has 32 heavy (non-hydrogen) atoms. The first kappa shape index (κ1) is 24.1. The number of rotatable bonds is 7. The van der Waals surface area contributed by atoms with Gasteiger partial charge in [-0.15, -0.1) is 0 Å². The molecule has 0 aliphatic carbocycles. The summed E-state index contributed by atoms with van der Waals surface area (Å²) in [6.07, 6.45) is -3.59. The molecule has 0 atom stereocenters. The largest absolute Gasteiger partial charge is 0.497 e. The molecule has 1 saturated heterocycles. The number of carbonyl (C=O) groups excluding carboxylic acids is 1. The zero-order valence-corrected chi connectivity index (χ0v) is 18.3. The van der Waals surface area contributed by atoms with E-state index in [4.69, 9.17) is 9.47 Å². The molecule has 6 nitrogen and oxygen atoms in total. The van der Waals surface area contributed by atoms with E-state index in [0.29, 0.717) is 12.5 Å². The average Bonchev–Trinajstić information content (AvgIpc) is 2.79. The summed E-state index contributed by atoms with van der Waals surface area (Å²) in [6.45, 7) is 0.279. The second-order valence-corrected chi connectivity index (χ2v) is 9.41. The van der Waals surface area contributed by atoms with Crippen LogP contribution in [-0.2, 0) is 32.2 Å². The predicted molar refractivity (Wildman–Crippen MR) is 111 cm³/mol. The number of esters is 1. The monoisotopic (exact) mass is 471 g/mol. The van der Waals surface area contributed by atoms with Crippen molar-refractivity contribution >= 4 is 16.0 Å². The number of ether oxygens (including phenoxy) is 2. The molecule has 0 amide bonds. The van der Waals surface area contributed by atoms with Crippen LogP contribution in [0.4, 0.5) is 13.2 Å². The third-order valence-corrected chi connectivity index (χ3v) is 7.28. The molecule has 2 aromatic rings. The lowest BCUT2D eigenvalue weighted by molar-refractivity contribution is -0.149. The minimum Gasteiger partial charge on any atom is -0.497 e. The van der Waals surface area contributed by atoms with Gasteiger partial charge in [-0.05, 0) is 48.7 Å². The average molecular weight is 471 g/mol. The molecule has 0 aromatic heterocycles. The maximum absolute atomic E-state index is 12.9. The zero-order chi connectivity index (χ0) is 23.4. The van der Waals surface area contributed by atoms with E-state index in [0.717, 1.165) is 33.8 Å². The molecular weight excluding hydrogens is 447 g/mol. The van der Waals surface area contributed by atoms with Crippen molar-refractivity contribution in [2.75, 3.05) is 26.8 Å². The lowest BCUT2D eigenvalue weighted by atomic mass is 9.98. The van der Waals surface area contributed by atoms with Crippen molar-refractivity contribution in [1.29, 1.82) is 0 Å². The van der Waals surface area contributed by atoms with Crippen LogP contribution < -0.4 is 4.74 Å². The second-order valence-electron chi connectivity index (χ2n) is 7.47. The Morgan fingerprint density at radius 1 is 1.09 bits per heavy atom. The van der Waals surface area contributed by atoms with Gasteiger partial charge in [0.1, 0.15) is 5.75 Å². The van der Waals surface area contributed by atoms with Gasteiger partial charge >= 0.3 is 12.1 Å². The predicted octanol–water partition coefficient (Wildman–Crippen LogP) is 3.90. The molecule has 1 aliphatic heterocycles. The number of benzene rings is 2. The Hall–Kier alpha value is -2.59. The lowest BCUT2D eigenvalue weighted by Gasteiger charge is -2.30. The summed E-state index contributed by atoms with van der Waals surface area (Å²) in [7, 11) is -2.51. The molecule has 0 bridgehead atoms. The van der Waals surface area contributed by atoms with Crippen LogP contribution in [0, 0.1) is 5.92 Å². The Kier molecular flexibility index (Phi) is 7.45. The molecule has 0 spiro atoms. The van der Waals surface area contributed by atoms with Crippen LogP contribution in [0.1, 0.15) is 24.0 Å². The minimum atomic E-state index is -4.63. The van der Waals surface area contributed by atoms with Crippen LogP contribution in [0.3, 0.4) is 0 Å². The van der Waals surface area contributed by atoms with Gasteiger partial charge in [-0.3, -0.25) is 4.79 Å². The Bertz CT molecular complexity index is 1030. The molecule has 0 radical (unpaired) electrons. The first-order valence-electron chi connectivity index (χ1n) is 10.1. The number of methoxy groups -OCH3 is 1. The van der Waals surface area contributed by atoms with Gasteiger partial charge < -0.3 is 9.47 Å². The van der Waals surface area contributed by atoms with Gasteiger partial charge in [0.15, 0.2) is 0 Å². The highest BCUT2D eigenvalue weighted by Gasteiger charge is 2.35. The topological polar surface area (TPSA) is 72.9 Å². The van der Waals surface area contributed by atoms with Crippen LogP contribution in [0.15, 0.2) is 53.4 Å². The van der Waals surface area contributed by atoms with E-state index in [9.17, 15) is 26.4 Å². The molecule has 0 N–H and O–H groups in total. The van der Waals surface area contributed by atoms with E-state index in [-0.39, 0.29) is 32.5 Å². The number of hydrogen-bond acceptors (Lipinski definition) is 5. The summed E-state index contributed by atoms with van der Waals surface area (Å²) in [5.74, 6) is -0.106. The van der Waals surface area contributed by atoms with Gasteiger partial charge in [-0.1, -0.05) is 18.2 Å². The van der Waals surface area contributed by atoms with Crippen molar-refractivity contribution in [3.8, 4) is 5.75 Å². The normalized spacial score (nSPS) is 16.0. The smallest absolute Gasteiger partial charge is 0.416 e. The summed E-state index contributed by atoms with van der Waals surface area (Å²) < 4.78 is 75.8. The Morgan fingerprint density at radius 2 is 1.75 bits per heavy atom. The molecule has 3 rings (SSSR count). The summed E-state index contributed by atoms with van der Waals surface area (Å²) in [4.78, 5) is 11.9. The molecule has 2 aromatic carbocycles. The van der Waals surface area contributed by atoms with E-state index in [1.165, 1.54) is 0 Å². The van der Waals surface area contributed by atoms with Gasteiger partial charge in [0, 0.05) is 19.5 Å². The van der Waals surface area contributed by atoms with E-state index >= 15 is 0 Å². The summed E-state index contributed by atoms with van der Waals surface area (Å²) in [5.41, 5.74) is -0.0329. The summed E-state index contributed by atoms with van der Waals surface area (Å²) >= 11 is 0. The molecular formula is C22H24F3NO5S. The summed E-state index contributed by atoms with van der Waals surface area (Å²) in [6, 6.07) is 11.1. The maximum atomic E-state index is 12.9. The summed E-state index contributed by atoms with van der Waals surface area (Å²) in [5, 5.41) is 0. The van der Waals surface area contributed by atoms with Crippen molar-refractivity contribution in [1.82, 2.24) is 4.31 Å². The van der Waals surface area contributed by atoms with Crippen molar-refractivity contribution in [2.24, 2.45) is 5.92 Å². The highest BCUT2D eigenvalue weighted by Crippen LogP contribution is 2.32. The fourth-order valence-corrected chi connectivity index (χ4v) is 5.01. The number of hydrogen-bond donors (Lipinski definition) is 0. The van der Waals surface area contributed by atoms with Gasteiger partial charge in [0.25, 0.3) is 0 Å². The number of halogens is 3. The maximum Gasteiger partial charge on any atom is 0.416 e. The molecule has 0 unspecified atom stereocenters. The first-order chi connectivity index (χ1) is 15.1. The van der Waals surface area contributed by atoms with Crippen LogP contribution in [0.2, 0.25) is 0 Å². The quantitative estimate of drug-likeness (QED) is 0.573. The number of nitrogens with zero attached hydrogens (tertiary/aromatic N) is 1. The van der Waals surface area contributed by atoms with Crippen molar-refractivity contribution in [3.63, 3.8) is 0 Å². The molecule has 10 heteroatoms. The van der Waals surface area contributed by atoms with Crippen LogP contribution in [0.25, 0.3) is 0 Å². The fourth-order valence-electron chi connectivity index (χ4n) is 3.49. The van der Waals surface area contributed by atoms with Gasteiger partial charge in [-0.2, -0.15) is 17.5 Å². The Labute approximate surface area is 185 Å². The SMILES string of the molecule is COc1ccc(CCOC(=O)C2CCN(S(=O)(=O)c3cccc(C(F)(F)F)c3)CC2)cc1. The van der Waals surface area contributed by atoms with E-state index < -0.39 is 38.5 Å². The van der Waals surface area contributed by atoms with Crippen molar-refractivity contribution < 1.29 is 35.9 Å². The van der Waals surface area contributed by atoms with Gasteiger partial charge in [-0.25, -0.2) is 8.42 Å². The van der Waals surface area contributed by atoms with Gasteiger partial charge in [0.05, 0.1) is 30.1 Å². The number of sulfonamides is 1. The standard InChI is InChI=1S/C22H24F3NO5S/c1-30-19-7-5-16(6-8-19)11-14-31-21(27)17-9-12-26(13-10-17)32(28,29)20-4-2-3-18(15-20)22(23,24)25/h2-8,15,17H,9-14H2,1H3. The highest BCUT2D eigenvalue weighted by atomic mass is 32.2. The number of alkyl halides is 3. The zero-order valence-electron chi connectivity index (χ0n) is 17.5. The number of piperidine rings is 1. The van der Waals surface area contributed by atoms with Crippen LogP contribution in [0.5, 0.6) is 5.75 Å². The molecule has 1 aliphatic rings. The van der Waals surface area contributed by atoms with Crippen LogP contribution in [-0.4, -0.2) is 45.5 Å². The molecule has 0 saturated carbocycles. The Balaban J connectivity index is 1.52. The molecule has 1 fully saturated rings. The van der Waals surface area contributed by atoms with Crippen molar-refractivity contribution in [2.45, 2.75) is 30.3 Å². The van der Waals surface area contributed by atoms with E-state index in [1.54, 1.807) is 7.11 Å². The molecule has 174 valence electrons. The number of carbonyl (C=O) groups is 1. The van der Waals surface area contributed by atoms with Crippen LogP contribution >= 0.6 is 0 Å². The van der Waals surface area contributed by atoms with E-state index in [2.05, 4.69) is 0 Å². The van der Waals surface area contributed by atoms with E-state index in [1.807, 2.05) is 24.3 Å². The minimum absolute atomic E-state index is 0.0385. The Morgan fingerprint density at radius 3 is 2.34 bits per heavy atom. The second kappa shape index (κ2) is 9.91. The molecule has 1 heterocycles. The van der Waals surface area contributed by atoms with Crippen molar-refractivity contribution in [3.05, 3.63) is 59.7 Å².